The summed E-state index contributed by atoms with van der Waals surface area (Å²) in [6.07, 6.45) is 3.05. The first-order valence-electron chi connectivity index (χ1n) is 8.20. The first-order valence-corrected chi connectivity index (χ1v) is 8.99. The lowest BCUT2D eigenvalue weighted by atomic mass is 9.96. The Labute approximate surface area is 147 Å². The molecule has 0 saturated carbocycles. The molecule has 23 heavy (non-hydrogen) atoms. The molecule has 3 rings (SSSR count). The van der Waals surface area contributed by atoms with Crippen LogP contribution in [0.2, 0.25) is 0 Å². The molecule has 4 heteroatoms. The molecule has 0 amide bonds. The SMILES string of the molecule is CC1CC(c2ccc(Br)cc2)CN1c1ccnc(C(C)(C)C)n1. The van der Waals surface area contributed by atoms with Crippen LogP contribution in [0.3, 0.4) is 0 Å². The van der Waals surface area contributed by atoms with Crippen LogP contribution >= 0.6 is 15.9 Å². The Hall–Kier alpha value is -1.42. The van der Waals surface area contributed by atoms with Crippen LogP contribution in [-0.2, 0) is 5.41 Å². The van der Waals surface area contributed by atoms with Crippen LogP contribution < -0.4 is 4.90 Å². The van der Waals surface area contributed by atoms with Gasteiger partial charge in [-0.3, -0.25) is 0 Å². The number of rotatable bonds is 2. The maximum Gasteiger partial charge on any atom is 0.135 e. The Bertz CT molecular complexity index is 676. The fraction of sp³-hybridized carbons (Fsp3) is 0.474. The monoisotopic (exact) mass is 373 g/mol. The highest BCUT2D eigenvalue weighted by Gasteiger charge is 2.31. The van der Waals surface area contributed by atoms with Gasteiger partial charge in [-0.2, -0.15) is 0 Å². The van der Waals surface area contributed by atoms with Crippen LogP contribution in [0, 0.1) is 0 Å². The van der Waals surface area contributed by atoms with E-state index in [0.29, 0.717) is 12.0 Å². The third-order valence-corrected chi connectivity index (χ3v) is 5.05. The summed E-state index contributed by atoms with van der Waals surface area (Å²) in [5, 5.41) is 0. The van der Waals surface area contributed by atoms with E-state index in [9.17, 15) is 0 Å². The van der Waals surface area contributed by atoms with Gasteiger partial charge in [-0.15, -0.1) is 0 Å². The minimum Gasteiger partial charge on any atom is -0.353 e. The molecule has 1 aliphatic heterocycles. The average molecular weight is 374 g/mol. The molecule has 1 saturated heterocycles. The van der Waals surface area contributed by atoms with Gasteiger partial charge in [-0.1, -0.05) is 48.8 Å². The second-order valence-corrected chi connectivity index (χ2v) is 8.39. The topological polar surface area (TPSA) is 29.0 Å². The predicted octanol–water partition coefficient (Wildman–Crippen LogP) is 4.92. The molecule has 0 bridgehead atoms. The van der Waals surface area contributed by atoms with Crippen molar-refractivity contribution in [2.75, 3.05) is 11.4 Å². The molecule has 3 nitrogen and oxygen atoms in total. The van der Waals surface area contributed by atoms with Crippen LogP contribution in [0.1, 0.15) is 51.4 Å². The Morgan fingerprint density at radius 2 is 1.83 bits per heavy atom. The number of benzene rings is 1. The van der Waals surface area contributed by atoms with Crippen molar-refractivity contribution in [3.8, 4) is 0 Å². The van der Waals surface area contributed by atoms with Gasteiger partial charge in [0.25, 0.3) is 0 Å². The standard InChI is InChI=1S/C19H24BrN3/c1-13-11-15(14-5-7-16(20)8-6-14)12-23(13)17-9-10-21-18(22-17)19(2,3)4/h5-10,13,15H,11-12H2,1-4H3. The number of halogens is 1. The van der Waals surface area contributed by atoms with E-state index in [1.54, 1.807) is 0 Å². The van der Waals surface area contributed by atoms with Crippen LogP contribution in [0.5, 0.6) is 0 Å². The van der Waals surface area contributed by atoms with Gasteiger partial charge in [-0.05, 0) is 37.1 Å². The maximum absolute atomic E-state index is 4.83. The molecular formula is C19H24BrN3. The summed E-state index contributed by atoms with van der Waals surface area (Å²) in [6, 6.07) is 11.2. The highest BCUT2D eigenvalue weighted by Crippen LogP contribution is 2.35. The van der Waals surface area contributed by atoms with E-state index >= 15 is 0 Å². The lowest BCUT2D eigenvalue weighted by Crippen LogP contribution is -2.29. The lowest BCUT2D eigenvalue weighted by molar-refractivity contribution is 0.543. The summed E-state index contributed by atoms with van der Waals surface area (Å²) >= 11 is 3.51. The Morgan fingerprint density at radius 3 is 2.48 bits per heavy atom. The van der Waals surface area contributed by atoms with Crippen LogP contribution in [-0.4, -0.2) is 22.6 Å². The van der Waals surface area contributed by atoms with E-state index < -0.39 is 0 Å². The minimum absolute atomic E-state index is 0.0237. The smallest absolute Gasteiger partial charge is 0.135 e. The maximum atomic E-state index is 4.83. The summed E-state index contributed by atoms with van der Waals surface area (Å²) in [4.78, 5) is 11.7. The zero-order valence-electron chi connectivity index (χ0n) is 14.3. The van der Waals surface area contributed by atoms with Crippen LogP contribution in [0.25, 0.3) is 0 Å². The molecule has 122 valence electrons. The average Bonchev–Trinajstić information content (AvgIpc) is 2.89. The summed E-state index contributed by atoms with van der Waals surface area (Å²) in [5.74, 6) is 2.53. The number of anilines is 1. The lowest BCUT2D eigenvalue weighted by Gasteiger charge is -2.25. The molecule has 1 aromatic carbocycles. The van der Waals surface area contributed by atoms with Gasteiger partial charge < -0.3 is 4.90 Å². The van der Waals surface area contributed by atoms with Gasteiger partial charge in [0.2, 0.25) is 0 Å². The van der Waals surface area contributed by atoms with Gasteiger partial charge in [-0.25, -0.2) is 9.97 Å². The van der Waals surface area contributed by atoms with Gasteiger partial charge in [0.15, 0.2) is 0 Å². The van der Waals surface area contributed by atoms with E-state index in [-0.39, 0.29) is 5.41 Å². The normalized spacial score (nSPS) is 21.7. The second kappa shape index (κ2) is 6.23. The van der Waals surface area contributed by atoms with E-state index in [2.05, 4.69) is 77.8 Å². The highest BCUT2D eigenvalue weighted by atomic mass is 79.9. The molecule has 0 N–H and O–H groups in total. The third-order valence-electron chi connectivity index (χ3n) is 4.52. The summed E-state index contributed by atoms with van der Waals surface area (Å²) in [5.41, 5.74) is 1.39. The molecule has 2 unspecified atom stereocenters. The highest BCUT2D eigenvalue weighted by molar-refractivity contribution is 9.10. The molecule has 1 aromatic heterocycles. The van der Waals surface area contributed by atoms with Gasteiger partial charge in [0.1, 0.15) is 11.6 Å². The summed E-state index contributed by atoms with van der Waals surface area (Å²) < 4.78 is 1.13. The second-order valence-electron chi connectivity index (χ2n) is 7.47. The number of hydrogen-bond acceptors (Lipinski definition) is 3. The first-order chi connectivity index (χ1) is 10.8. The molecule has 2 heterocycles. The van der Waals surface area contributed by atoms with Gasteiger partial charge in [0, 0.05) is 34.6 Å². The Kier molecular flexibility index (Phi) is 4.45. The fourth-order valence-corrected chi connectivity index (χ4v) is 3.46. The zero-order valence-corrected chi connectivity index (χ0v) is 15.8. The summed E-state index contributed by atoms with van der Waals surface area (Å²) in [6.45, 7) is 9.78. The van der Waals surface area contributed by atoms with Crippen LogP contribution in [0.4, 0.5) is 5.82 Å². The Morgan fingerprint density at radius 1 is 1.13 bits per heavy atom. The molecule has 0 spiro atoms. The van der Waals surface area contributed by atoms with Gasteiger partial charge >= 0.3 is 0 Å². The molecule has 2 aromatic rings. The predicted molar refractivity (Wildman–Crippen MR) is 99.0 cm³/mol. The molecular weight excluding hydrogens is 350 g/mol. The van der Waals surface area contributed by atoms with E-state index in [1.807, 2.05) is 12.3 Å². The summed E-state index contributed by atoms with van der Waals surface area (Å²) in [7, 11) is 0. The van der Waals surface area contributed by atoms with Crippen molar-refractivity contribution in [1.82, 2.24) is 9.97 Å². The number of aromatic nitrogens is 2. The number of hydrogen-bond donors (Lipinski definition) is 0. The Balaban J connectivity index is 1.83. The fourth-order valence-electron chi connectivity index (χ4n) is 3.20. The molecule has 2 atom stereocenters. The molecule has 0 aliphatic carbocycles. The zero-order chi connectivity index (χ0) is 16.6. The van der Waals surface area contributed by atoms with Crippen LogP contribution in [0.15, 0.2) is 41.0 Å². The van der Waals surface area contributed by atoms with Crippen molar-refractivity contribution in [3.05, 3.63) is 52.4 Å². The van der Waals surface area contributed by atoms with Crippen molar-refractivity contribution >= 4 is 21.7 Å². The van der Waals surface area contributed by atoms with Crippen molar-refractivity contribution in [3.63, 3.8) is 0 Å². The van der Waals surface area contributed by atoms with Crippen molar-refractivity contribution in [1.29, 1.82) is 0 Å². The first kappa shape index (κ1) is 16.4. The minimum atomic E-state index is -0.0237. The molecule has 1 fully saturated rings. The van der Waals surface area contributed by atoms with Crippen molar-refractivity contribution in [2.24, 2.45) is 0 Å². The van der Waals surface area contributed by atoms with Gasteiger partial charge in [0.05, 0.1) is 0 Å². The molecule has 1 aliphatic rings. The number of nitrogens with zero attached hydrogens (tertiary/aromatic N) is 3. The van der Waals surface area contributed by atoms with Crippen molar-refractivity contribution in [2.45, 2.75) is 51.5 Å². The largest absolute Gasteiger partial charge is 0.353 e. The molecule has 0 radical (unpaired) electrons. The quantitative estimate of drug-likeness (QED) is 0.747. The van der Waals surface area contributed by atoms with E-state index in [0.717, 1.165) is 29.1 Å². The third kappa shape index (κ3) is 3.57. The van der Waals surface area contributed by atoms with Crippen molar-refractivity contribution < 1.29 is 0 Å². The van der Waals surface area contributed by atoms with E-state index in [4.69, 9.17) is 4.98 Å². The van der Waals surface area contributed by atoms with E-state index in [1.165, 1.54) is 5.56 Å².